The molecule has 0 saturated heterocycles. The molecule has 1 aromatic carbocycles. The monoisotopic (exact) mass is 280 g/mol. The molecular weight excluding hydrogens is 264 g/mol. The van der Waals surface area contributed by atoms with Crippen LogP contribution in [0, 0.1) is 6.92 Å². The summed E-state index contributed by atoms with van der Waals surface area (Å²) in [5, 5.41) is 12.6. The molecule has 1 atom stereocenters. The fourth-order valence-electron chi connectivity index (χ4n) is 1.65. The molecule has 0 saturated carbocycles. The Morgan fingerprint density at radius 2 is 2.00 bits per heavy atom. The first-order valence-corrected chi connectivity index (χ1v) is 5.71. The van der Waals surface area contributed by atoms with E-state index in [1.165, 1.54) is 0 Å². The highest BCUT2D eigenvalue weighted by Crippen LogP contribution is 2.19. The molecule has 2 rings (SSSR count). The average molecular weight is 281 g/mol. The topological polar surface area (TPSA) is 84.1 Å². The molecule has 0 spiro atoms. The standard InChI is InChI=1S/C13H16N4O.ClH/c1-8-6-12(14)17-13(15-8)16-11-5-3-4-10(7-11)9(2)18;/h3-7,9,18H,1-2H3,(H3,14,15,16,17);1H. The molecule has 0 aliphatic heterocycles. The fraction of sp³-hybridized carbons (Fsp3) is 0.231. The number of hydrogen-bond donors (Lipinski definition) is 3. The highest BCUT2D eigenvalue weighted by molar-refractivity contribution is 5.85. The van der Waals surface area contributed by atoms with Crippen LogP contribution in [0.15, 0.2) is 30.3 Å². The lowest BCUT2D eigenvalue weighted by Gasteiger charge is -2.09. The predicted molar refractivity (Wildman–Crippen MR) is 78.8 cm³/mol. The van der Waals surface area contributed by atoms with Crippen molar-refractivity contribution in [3.8, 4) is 0 Å². The van der Waals surface area contributed by atoms with Gasteiger partial charge in [0.15, 0.2) is 0 Å². The Hall–Kier alpha value is -1.85. The van der Waals surface area contributed by atoms with Crippen LogP contribution in [0.25, 0.3) is 0 Å². The number of aryl methyl sites for hydroxylation is 1. The molecule has 0 amide bonds. The third kappa shape index (κ3) is 4.08. The Kier molecular flexibility index (Phi) is 5.09. The Bertz CT molecular complexity index is 540. The third-order valence-corrected chi connectivity index (χ3v) is 2.50. The molecular formula is C13H17ClN4O. The number of nitrogens with two attached hydrogens (primary N) is 1. The molecule has 0 radical (unpaired) electrons. The number of anilines is 3. The number of nitrogen functional groups attached to an aromatic ring is 1. The molecule has 102 valence electrons. The zero-order valence-electron chi connectivity index (χ0n) is 10.8. The summed E-state index contributed by atoms with van der Waals surface area (Å²) in [4.78, 5) is 8.34. The number of benzene rings is 1. The highest BCUT2D eigenvalue weighted by Gasteiger charge is 2.04. The van der Waals surface area contributed by atoms with E-state index in [4.69, 9.17) is 5.73 Å². The van der Waals surface area contributed by atoms with Gasteiger partial charge in [-0.25, -0.2) is 4.98 Å². The van der Waals surface area contributed by atoms with E-state index >= 15 is 0 Å². The number of hydrogen-bond acceptors (Lipinski definition) is 5. The van der Waals surface area contributed by atoms with Crippen LogP contribution < -0.4 is 11.1 Å². The first kappa shape index (κ1) is 15.2. The number of rotatable bonds is 3. The van der Waals surface area contributed by atoms with Gasteiger partial charge in [-0.3, -0.25) is 0 Å². The number of nitrogens with zero attached hydrogens (tertiary/aromatic N) is 2. The molecule has 19 heavy (non-hydrogen) atoms. The van der Waals surface area contributed by atoms with E-state index in [-0.39, 0.29) is 12.4 Å². The second kappa shape index (κ2) is 6.36. The molecule has 6 heteroatoms. The fourth-order valence-corrected chi connectivity index (χ4v) is 1.65. The van der Waals surface area contributed by atoms with Gasteiger partial charge in [0, 0.05) is 17.4 Å². The van der Waals surface area contributed by atoms with E-state index in [0.29, 0.717) is 11.8 Å². The largest absolute Gasteiger partial charge is 0.389 e. The summed E-state index contributed by atoms with van der Waals surface area (Å²) >= 11 is 0. The first-order chi connectivity index (χ1) is 8.54. The maximum atomic E-state index is 9.52. The van der Waals surface area contributed by atoms with E-state index < -0.39 is 6.10 Å². The van der Waals surface area contributed by atoms with E-state index in [9.17, 15) is 5.11 Å². The van der Waals surface area contributed by atoms with Gasteiger partial charge < -0.3 is 16.2 Å². The van der Waals surface area contributed by atoms with Crippen LogP contribution >= 0.6 is 12.4 Å². The van der Waals surface area contributed by atoms with Gasteiger partial charge in [-0.1, -0.05) is 12.1 Å². The number of aliphatic hydroxyl groups is 1. The summed E-state index contributed by atoms with van der Waals surface area (Å²) in [7, 11) is 0. The van der Waals surface area contributed by atoms with E-state index in [1.807, 2.05) is 31.2 Å². The smallest absolute Gasteiger partial charge is 0.229 e. The van der Waals surface area contributed by atoms with Gasteiger partial charge >= 0.3 is 0 Å². The molecule has 1 heterocycles. The third-order valence-electron chi connectivity index (χ3n) is 2.50. The van der Waals surface area contributed by atoms with Gasteiger partial charge in [0.2, 0.25) is 5.95 Å². The SMILES string of the molecule is Cc1cc(N)nc(Nc2cccc(C(C)O)c2)n1.Cl. The van der Waals surface area contributed by atoms with Crippen molar-refractivity contribution in [2.45, 2.75) is 20.0 Å². The van der Waals surface area contributed by atoms with E-state index in [1.54, 1.807) is 13.0 Å². The van der Waals surface area contributed by atoms with Crippen molar-refractivity contribution in [2.24, 2.45) is 0 Å². The van der Waals surface area contributed by atoms with Gasteiger partial charge in [0.1, 0.15) is 5.82 Å². The first-order valence-electron chi connectivity index (χ1n) is 5.71. The van der Waals surface area contributed by atoms with Crippen LogP contribution in [0.2, 0.25) is 0 Å². The van der Waals surface area contributed by atoms with E-state index in [0.717, 1.165) is 16.9 Å². The van der Waals surface area contributed by atoms with Gasteiger partial charge in [0.05, 0.1) is 6.10 Å². The minimum Gasteiger partial charge on any atom is -0.389 e. The zero-order chi connectivity index (χ0) is 13.1. The molecule has 1 unspecified atom stereocenters. The van der Waals surface area contributed by atoms with Crippen molar-refractivity contribution >= 4 is 29.9 Å². The lowest BCUT2D eigenvalue weighted by atomic mass is 10.1. The number of halogens is 1. The second-order valence-electron chi connectivity index (χ2n) is 4.18. The normalized spacial score (nSPS) is 11.5. The minimum absolute atomic E-state index is 0. The van der Waals surface area contributed by atoms with Crippen molar-refractivity contribution < 1.29 is 5.11 Å². The van der Waals surface area contributed by atoms with Crippen molar-refractivity contribution in [1.82, 2.24) is 9.97 Å². The van der Waals surface area contributed by atoms with Crippen LogP contribution in [0.1, 0.15) is 24.3 Å². The van der Waals surface area contributed by atoms with Gasteiger partial charge in [-0.15, -0.1) is 12.4 Å². The highest BCUT2D eigenvalue weighted by atomic mass is 35.5. The van der Waals surface area contributed by atoms with E-state index in [2.05, 4.69) is 15.3 Å². The summed E-state index contributed by atoms with van der Waals surface area (Å²) in [5.74, 6) is 0.881. The van der Waals surface area contributed by atoms with Crippen LogP contribution in [0.3, 0.4) is 0 Å². The summed E-state index contributed by atoms with van der Waals surface area (Å²) in [6.07, 6.45) is -0.504. The Morgan fingerprint density at radius 1 is 1.26 bits per heavy atom. The molecule has 0 fully saturated rings. The molecule has 0 aliphatic rings. The van der Waals surface area contributed by atoms with Gasteiger partial charge in [-0.05, 0) is 31.5 Å². The van der Waals surface area contributed by atoms with Crippen molar-refractivity contribution in [3.05, 3.63) is 41.6 Å². The average Bonchev–Trinajstić information content (AvgIpc) is 2.27. The number of aromatic nitrogens is 2. The maximum absolute atomic E-state index is 9.52. The Morgan fingerprint density at radius 3 is 2.63 bits per heavy atom. The Labute approximate surface area is 118 Å². The van der Waals surface area contributed by atoms with Gasteiger partial charge in [-0.2, -0.15) is 4.98 Å². The molecule has 0 bridgehead atoms. The molecule has 0 aliphatic carbocycles. The minimum atomic E-state index is -0.504. The van der Waals surface area contributed by atoms with Crippen molar-refractivity contribution in [2.75, 3.05) is 11.1 Å². The maximum Gasteiger partial charge on any atom is 0.229 e. The molecule has 4 N–H and O–H groups in total. The summed E-state index contributed by atoms with van der Waals surface area (Å²) in [6.45, 7) is 3.58. The second-order valence-corrected chi connectivity index (χ2v) is 4.18. The number of nitrogens with one attached hydrogen (secondary N) is 1. The molecule has 1 aromatic heterocycles. The van der Waals surface area contributed by atoms with Crippen LogP contribution in [-0.4, -0.2) is 15.1 Å². The quantitative estimate of drug-likeness (QED) is 0.805. The lowest BCUT2D eigenvalue weighted by Crippen LogP contribution is -2.02. The van der Waals surface area contributed by atoms with Crippen LogP contribution in [0.5, 0.6) is 0 Å². The van der Waals surface area contributed by atoms with Crippen LogP contribution in [0.4, 0.5) is 17.5 Å². The summed E-state index contributed by atoms with van der Waals surface area (Å²) < 4.78 is 0. The summed E-state index contributed by atoms with van der Waals surface area (Å²) in [6, 6.07) is 9.17. The zero-order valence-corrected chi connectivity index (χ0v) is 11.6. The van der Waals surface area contributed by atoms with Crippen LogP contribution in [-0.2, 0) is 0 Å². The number of aliphatic hydroxyl groups excluding tert-OH is 1. The Balaban J connectivity index is 0.00000180. The lowest BCUT2D eigenvalue weighted by molar-refractivity contribution is 0.199. The van der Waals surface area contributed by atoms with Crippen molar-refractivity contribution in [1.29, 1.82) is 0 Å². The predicted octanol–water partition coefficient (Wildman–Crippen LogP) is 2.59. The van der Waals surface area contributed by atoms with Gasteiger partial charge in [0.25, 0.3) is 0 Å². The summed E-state index contributed by atoms with van der Waals surface area (Å²) in [5.41, 5.74) is 8.11. The molecule has 2 aromatic rings. The molecule has 5 nitrogen and oxygen atoms in total. The van der Waals surface area contributed by atoms with Crippen molar-refractivity contribution in [3.63, 3.8) is 0 Å².